The lowest BCUT2D eigenvalue weighted by atomic mass is 10.1. The van der Waals surface area contributed by atoms with Crippen molar-refractivity contribution in [3.05, 3.63) is 64.2 Å². The first-order valence-corrected chi connectivity index (χ1v) is 7.30. The number of carbonyl (C=O) groups excluding carboxylic acids is 1. The highest BCUT2D eigenvalue weighted by Gasteiger charge is 2.09. The van der Waals surface area contributed by atoms with Gasteiger partial charge in [-0.15, -0.1) is 0 Å². The van der Waals surface area contributed by atoms with Gasteiger partial charge < -0.3 is 5.32 Å². The molecular formula is C15H10BrClN2O. The Bertz CT molecular complexity index is 677. The molecule has 0 aliphatic rings. The number of carbonyl (C=O) groups is 1. The van der Waals surface area contributed by atoms with Gasteiger partial charge in [0.1, 0.15) is 0 Å². The van der Waals surface area contributed by atoms with Gasteiger partial charge in [0.05, 0.1) is 22.3 Å². The maximum absolute atomic E-state index is 12.1. The molecule has 5 heteroatoms. The number of alkyl halides is 1. The average molecular weight is 350 g/mol. The van der Waals surface area contributed by atoms with Crippen LogP contribution in [-0.2, 0) is 5.33 Å². The van der Waals surface area contributed by atoms with Gasteiger partial charge in [-0.3, -0.25) is 4.79 Å². The molecule has 0 aromatic heterocycles. The molecule has 1 N–H and O–H groups in total. The van der Waals surface area contributed by atoms with Gasteiger partial charge >= 0.3 is 0 Å². The summed E-state index contributed by atoms with van der Waals surface area (Å²) in [5.74, 6) is -0.261. The van der Waals surface area contributed by atoms with Crippen LogP contribution in [0, 0.1) is 11.3 Å². The summed E-state index contributed by atoms with van der Waals surface area (Å²) in [5.41, 5.74) is 2.50. The second-order valence-corrected chi connectivity index (χ2v) is 5.06. The summed E-state index contributed by atoms with van der Waals surface area (Å²) in [6, 6.07) is 14.0. The molecule has 0 saturated heterocycles. The van der Waals surface area contributed by atoms with E-state index in [1.165, 1.54) is 0 Å². The fourth-order valence-electron chi connectivity index (χ4n) is 1.63. The molecule has 2 aromatic carbocycles. The number of rotatable bonds is 3. The molecule has 0 unspecified atom stereocenters. The predicted molar refractivity (Wildman–Crippen MR) is 83.2 cm³/mol. The summed E-state index contributed by atoms with van der Waals surface area (Å²) in [5, 5.41) is 12.7. The van der Waals surface area contributed by atoms with Crippen LogP contribution in [0.5, 0.6) is 0 Å². The first kappa shape index (κ1) is 14.6. The van der Waals surface area contributed by atoms with Crippen LogP contribution in [-0.4, -0.2) is 5.91 Å². The molecule has 20 heavy (non-hydrogen) atoms. The van der Waals surface area contributed by atoms with Crippen LogP contribution in [0.1, 0.15) is 21.5 Å². The molecule has 2 aromatic rings. The summed E-state index contributed by atoms with van der Waals surface area (Å²) in [6.07, 6.45) is 0. The van der Waals surface area contributed by atoms with E-state index in [-0.39, 0.29) is 5.91 Å². The van der Waals surface area contributed by atoms with E-state index >= 15 is 0 Å². The van der Waals surface area contributed by atoms with Crippen molar-refractivity contribution in [2.75, 3.05) is 5.32 Å². The van der Waals surface area contributed by atoms with Gasteiger partial charge in [-0.1, -0.05) is 39.7 Å². The summed E-state index contributed by atoms with van der Waals surface area (Å²) < 4.78 is 0. The number of hydrogen-bond donors (Lipinski definition) is 1. The topological polar surface area (TPSA) is 52.9 Å². The number of amides is 1. The van der Waals surface area contributed by atoms with Gasteiger partial charge in [0.2, 0.25) is 0 Å². The zero-order chi connectivity index (χ0) is 14.5. The highest BCUT2D eigenvalue weighted by molar-refractivity contribution is 9.08. The molecule has 0 radical (unpaired) electrons. The molecule has 3 nitrogen and oxygen atoms in total. The van der Waals surface area contributed by atoms with Gasteiger partial charge in [-0.25, -0.2) is 0 Å². The minimum Gasteiger partial charge on any atom is -0.321 e. The molecular weight excluding hydrogens is 340 g/mol. The van der Waals surface area contributed by atoms with E-state index in [1.54, 1.807) is 30.3 Å². The van der Waals surface area contributed by atoms with Crippen LogP contribution < -0.4 is 5.32 Å². The zero-order valence-electron chi connectivity index (χ0n) is 10.4. The van der Waals surface area contributed by atoms with Crippen molar-refractivity contribution in [2.45, 2.75) is 5.33 Å². The Morgan fingerprint density at radius 2 is 1.95 bits per heavy atom. The number of benzene rings is 2. The monoisotopic (exact) mass is 348 g/mol. The molecule has 0 fully saturated rings. The van der Waals surface area contributed by atoms with Crippen LogP contribution in [0.3, 0.4) is 0 Å². The molecule has 100 valence electrons. The lowest BCUT2D eigenvalue weighted by molar-refractivity contribution is 0.102. The lowest BCUT2D eigenvalue weighted by Gasteiger charge is -2.08. The van der Waals surface area contributed by atoms with E-state index in [0.29, 0.717) is 21.8 Å². The third-order valence-electron chi connectivity index (χ3n) is 2.71. The average Bonchev–Trinajstić information content (AvgIpc) is 2.49. The van der Waals surface area contributed by atoms with E-state index < -0.39 is 0 Å². The highest BCUT2D eigenvalue weighted by Crippen LogP contribution is 2.23. The normalized spacial score (nSPS) is 9.85. The number of hydrogen-bond acceptors (Lipinski definition) is 2. The molecule has 2 rings (SSSR count). The van der Waals surface area contributed by atoms with Crippen molar-refractivity contribution in [3.8, 4) is 6.07 Å². The maximum atomic E-state index is 12.1. The molecule has 0 atom stereocenters. The molecule has 0 saturated carbocycles. The van der Waals surface area contributed by atoms with Crippen molar-refractivity contribution in [3.63, 3.8) is 0 Å². The smallest absolute Gasteiger partial charge is 0.255 e. The number of halogens is 2. The first-order chi connectivity index (χ1) is 9.63. The van der Waals surface area contributed by atoms with Gasteiger partial charge in [0, 0.05) is 10.9 Å². The fourth-order valence-corrected chi connectivity index (χ4v) is 2.17. The lowest BCUT2D eigenvalue weighted by Crippen LogP contribution is -2.12. The van der Waals surface area contributed by atoms with Crippen molar-refractivity contribution in [1.29, 1.82) is 5.26 Å². The molecule has 0 bridgehead atoms. The highest BCUT2D eigenvalue weighted by atomic mass is 79.9. The third kappa shape index (κ3) is 3.38. The van der Waals surface area contributed by atoms with Gasteiger partial charge in [0.25, 0.3) is 5.91 Å². The van der Waals surface area contributed by atoms with Crippen molar-refractivity contribution in [1.82, 2.24) is 0 Å². The van der Waals surface area contributed by atoms with Crippen LogP contribution in [0.25, 0.3) is 0 Å². The predicted octanol–water partition coefficient (Wildman–Crippen LogP) is 4.36. The van der Waals surface area contributed by atoms with E-state index in [0.717, 1.165) is 10.9 Å². The Kier molecular flexibility index (Phi) is 4.78. The van der Waals surface area contributed by atoms with Crippen molar-refractivity contribution < 1.29 is 4.79 Å². The Morgan fingerprint density at radius 3 is 2.55 bits per heavy atom. The molecule has 0 spiro atoms. The van der Waals surface area contributed by atoms with E-state index in [4.69, 9.17) is 16.9 Å². The Labute approximate surface area is 130 Å². The van der Waals surface area contributed by atoms with Crippen LogP contribution >= 0.6 is 27.5 Å². The minimum atomic E-state index is -0.261. The zero-order valence-corrected chi connectivity index (χ0v) is 12.7. The molecule has 1 amide bonds. The minimum absolute atomic E-state index is 0.261. The Balaban J connectivity index is 2.20. The second kappa shape index (κ2) is 6.56. The number of nitriles is 1. The first-order valence-electron chi connectivity index (χ1n) is 5.80. The number of anilines is 1. The SMILES string of the molecule is N#Cc1ccc(Cl)c(NC(=O)c2ccc(CBr)cc2)c1. The van der Waals surface area contributed by atoms with Crippen molar-refractivity contribution in [2.24, 2.45) is 0 Å². The van der Waals surface area contributed by atoms with Crippen LogP contribution in [0.4, 0.5) is 5.69 Å². The third-order valence-corrected chi connectivity index (χ3v) is 3.69. The Morgan fingerprint density at radius 1 is 1.25 bits per heavy atom. The van der Waals surface area contributed by atoms with E-state index in [1.807, 2.05) is 18.2 Å². The maximum Gasteiger partial charge on any atom is 0.255 e. The summed E-state index contributed by atoms with van der Waals surface area (Å²) in [6.45, 7) is 0. The number of nitrogens with one attached hydrogen (secondary N) is 1. The number of nitrogens with zero attached hydrogens (tertiary/aromatic N) is 1. The van der Waals surface area contributed by atoms with Gasteiger partial charge in [0.15, 0.2) is 0 Å². The van der Waals surface area contributed by atoms with Crippen LogP contribution in [0.2, 0.25) is 5.02 Å². The van der Waals surface area contributed by atoms with Crippen LogP contribution in [0.15, 0.2) is 42.5 Å². The Hall–Kier alpha value is -1.83. The van der Waals surface area contributed by atoms with Gasteiger partial charge in [-0.05, 0) is 35.9 Å². The standard InChI is InChI=1S/C15H10BrClN2O/c16-8-10-1-4-12(5-2-10)15(20)19-14-7-11(9-18)3-6-13(14)17/h1-7H,8H2,(H,19,20). The fraction of sp³-hybridized carbons (Fsp3) is 0.0667. The molecule has 0 aliphatic heterocycles. The van der Waals surface area contributed by atoms with E-state index in [2.05, 4.69) is 21.2 Å². The van der Waals surface area contributed by atoms with Gasteiger partial charge in [-0.2, -0.15) is 5.26 Å². The summed E-state index contributed by atoms with van der Waals surface area (Å²) in [7, 11) is 0. The van der Waals surface area contributed by atoms with E-state index in [9.17, 15) is 4.79 Å². The molecule has 0 aliphatic carbocycles. The van der Waals surface area contributed by atoms with Crippen molar-refractivity contribution >= 4 is 39.1 Å². The second-order valence-electron chi connectivity index (χ2n) is 4.09. The quantitative estimate of drug-likeness (QED) is 0.837. The largest absolute Gasteiger partial charge is 0.321 e. The molecule has 0 heterocycles. The summed E-state index contributed by atoms with van der Waals surface area (Å²) >= 11 is 9.35. The summed E-state index contributed by atoms with van der Waals surface area (Å²) in [4.78, 5) is 12.1.